The number of hydrogen-bond donors (Lipinski definition) is 1. The molecule has 3 rings (SSSR count). The number of hydrogen-bond acceptors (Lipinski definition) is 3. The number of nitrogens with one attached hydrogen (secondary N) is 1. The highest BCUT2D eigenvalue weighted by Crippen LogP contribution is 2.27. The van der Waals surface area contributed by atoms with Crippen LogP contribution in [0.15, 0.2) is 51.7 Å². The third-order valence-electron chi connectivity index (χ3n) is 2.98. The van der Waals surface area contributed by atoms with Crippen LogP contribution in [0.2, 0.25) is 0 Å². The van der Waals surface area contributed by atoms with Gasteiger partial charge in [0.25, 0.3) is 0 Å². The van der Waals surface area contributed by atoms with Crippen molar-refractivity contribution in [3.05, 3.63) is 57.2 Å². The van der Waals surface area contributed by atoms with E-state index in [0.29, 0.717) is 0 Å². The van der Waals surface area contributed by atoms with Crippen LogP contribution >= 0.6 is 31.9 Å². The van der Waals surface area contributed by atoms with Crippen LogP contribution in [0.4, 0.5) is 11.4 Å². The van der Waals surface area contributed by atoms with Gasteiger partial charge in [-0.15, -0.1) is 0 Å². The van der Waals surface area contributed by atoms with E-state index < -0.39 is 0 Å². The van der Waals surface area contributed by atoms with Crippen molar-refractivity contribution in [2.75, 3.05) is 5.32 Å². The summed E-state index contributed by atoms with van der Waals surface area (Å²) in [6.45, 7) is 2.06. The van der Waals surface area contributed by atoms with E-state index in [1.807, 2.05) is 24.3 Å². The van der Waals surface area contributed by atoms with Gasteiger partial charge < -0.3 is 5.32 Å². The normalized spacial score (nSPS) is 10.8. The van der Waals surface area contributed by atoms with Gasteiger partial charge in [0, 0.05) is 27.0 Å². The molecule has 20 heavy (non-hydrogen) atoms. The molecule has 0 unspecified atom stereocenters. The number of halogens is 2. The molecule has 2 heterocycles. The van der Waals surface area contributed by atoms with Gasteiger partial charge in [0.05, 0.1) is 11.2 Å². The number of aryl methyl sites for hydroxylation is 1. The van der Waals surface area contributed by atoms with Crippen molar-refractivity contribution in [2.24, 2.45) is 0 Å². The lowest BCUT2D eigenvalue weighted by atomic mass is 10.2. The average molecular weight is 393 g/mol. The maximum atomic E-state index is 4.44. The zero-order valence-corrected chi connectivity index (χ0v) is 13.9. The Labute approximate surface area is 133 Å². The fourth-order valence-corrected chi connectivity index (χ4v) is 2.55. The number of benzene rings is 1. The lowest BCUT2D eigenvalue weighted by molar-refractivity contribution is 1.32. The predicted molar refractivity (Wildman–Crippen MR) is 89.4 cm³/mol. The summed E-state index contributed by atoms with van der Waals surface area (Å²) in [5.41, 5.74) is 4.88. The molecule has 0 fully saturated rings. The lowest BCUT2D eigenvalue weighted by Crippen LogP contribution is -1.95. The first-order valence-electron chi connectivity index (χ1n) is 6.07. The minimum atomic E-state index is 0.858. The largest absolute Gasteiger partial charge is 0.354 e. The van der Waals surface area contributed by atoms with Gasteiger partial charge in [0.15, 0.2) is 0 Å². The van der Waals surface area contributed by atoms with Crippen LogP contribution in [0.1, 0.15) is 5.56 Å². The Bertz CT molecular complexity index is 787. The molecule has 5 heteroatoms. The Hall–Kier alpha value is -1.46. The predicted octanol–water partition coefficient (Wildman–Crippen LogP) is 5.21. The summed E-state index contributed by atoms with van der Waals surface area (Å²) in [5, 5.41) is 3.40. The van der Waals surface area contributed by atoms with E-state index in [2.05, 4.69) is 60.1 Å². The number of nitrogens with zero attached hydrogens (tertiary/aromatic N) is 2. The van der Waals surface area contributed by atoms with Crippen molar-refractivity contribution in [2.45, 2.75) is 6.92 Å². The van der Waals surface area contributed by atoms with Crippen LogP contribution in [0.25, 0.3) is 11.0 Å². The molecule has 0 aliphatic carbocycles. The summed E-state index contributed by atoms with van der Waals surface area (Å²) in [6, 6.07) is 10.0. The molecule has 0 bridgehead atoms. The van der Waals surface area contributed by atoms with Crippen molar-refractivity contribution in [1.29, 1.82) is 0 Å². The molecule has 3 aromatic rings. The zero-order valence-electron chi connectivity index (χ0n) is 10.7. The zero-order chi connectivity index (χ0) is 14.1. The summed E-state index contributed by atoms with van der Waals surface area (Å²) >= 11 is 6.92. The third-order valence-corrected chi connectivity index (χ3v) is 4.30. The van der Waals surface area contributed by atoms with Crippen LogP contribution in [-0.4, -0.2) is 9.97 Å². The molecule has 0 aliphatic rings. The first-order chi connectivity index (χ1) is 9.63. The molecule has 0 amide bonds. The maximum Gasteiger partial charge on any atom is 0.112 e. The van der Waals surface area contributed by atoms with Gasteiger partial charge in [-0.25, -0.2) is 0 Å². The number of anilines is 2. The fraction of sp³-hybridized carbons (Fsp3) is 0.0667. The van der Waals surface area contributed by atoms with Crippen molar-refractivity contribution in [3.63, 3.8) is 0 Å². The van der Waals surface area contributed by atoms with Crippen molar-refractivity contribution in [1.82, 2.24) is 9.97 Å². The van der Waals surface area contributed by atoms with Crippen LogP contribution in [0.3, 0.4) is 0 Å². The van der Waals surface area contributed by atoms with Crippen LogP contribution < -0.4 is 5.32 Å². The molecule has 3 nitrogen and oxygen atoms in total. The maximum absolute atomic E-state index is 4.44. The minimum absolute atomic E-state index is 0.858. The Kier molecular flexibility index (Phi) is 3.72. The van der Waals surface area contributed by atoms with Gasteiger partial charge in [0.1, 0.15) is 5.52 Å². The second-order valence-corrected chi connectivity index (χ2v) is 6.24. The summed E-state index contributed by atoms with van der Waals surface area (Å²) in [6.07, 6.45) is 3.56. The molecule has 0 radical (unpaired) electrons. The van der Waals surface area contributed by atoms with E-state index in [1.165, 1.54) is 5.56 Å². The SMILES string of the molecule is Cc1cc(Nc2ccnc3cc(Br)cnc23)ccc1Br. The van der Waals surface area contributed by atoms with Gasteiger partial charge in [-0.05, 0) is 58.7 Å². The Morgan fingerprint density at radius 2 is 1.90 bits per heavy atom. The molecule has 0 saturated heterocycles. The van der Waals surface area contributed by atoms with E-state index in [4.69, 9.17) is 0 Å². The molecule has 2 aromatic heterocycles. The second kappa shape index (κ2) is 5.50. The van der Waals surface area contributed by atoms with Crippen molar-refractivity contribution >= 4 is 54.3 Å². The number of aromatic nitrogens is 2. The number of fused-ring (bicyclic) bond motifs is 1. The summed E-state index contributed by atoms with van der Waals surface area (Å²) in [5.74, 6) is 0. The van der Waals surface area contributed by atoms with Crippen molar-refractivity contribution < 1.29 is 0 Å². The standard InChI is InChI=1S/C15H11Br2N3/c1-9-6-11(2-3-12(9)17)20-13-4-5-18-14-7-10(16)8-19-15(13)14/h2-8H,1H3,(H,18,20). The Balaban J connectivity index is 2.04. The topological polar surface area (TPSA) is 37.8 Å². The molecule has 0 atom stereocenters. The van der Waals surface area contributed by atoms with Crippen LogP contribution in [0, 0.1) is 6.92 Å². The van der Waals surface area contributed by atoms with E-state index in [9.17, 15) is 0 Å². The van der Waals surface area contributed by atoms with E-state index in [0.717, 1.165) is 31.4 Å². The molecule has 0 spiro atoms. The molecule has 100 valence electrons. The monoisotopic (exact) mass is 391 g/mol. The van der Waals surface area contributed by atoms with E-state index >= 15 is 0 Å². The minimum Gasteiger partial charge on any atom is -0.354 e. The number of rotatable bonds is 2. The Morgan fingerprint density at radius 1 is 1.05 bits per heavy atom. The first kappa shape index (κ1) is 13.5. The van der Waals surface area contributed by atoms with Gasteiger partial charge in [-0.3, -0.25) is 9.97 Å². The molecule has 0 aliphatic heterocycles. The molecule has 0 saturated carbocycles. The van der Waals surface area contributed by atoms with Crippen molar-refractivity contribution in [3.8, 4) is 0 Å². The quantitative estimate of drug-likeness (QED) is 0.650. The Morgan fingerprint density at radius 3 is 2.70 bits per heavy atom. The highest BCUT2D eigenvalue weighted by atomic mass is 79.9. The van der Waals surface area contributed by atoms with Crippen LogP contribution in [-0.2, 0) is 0 Å². The third kappa shape index (κ3) is 2.69. The summed E-state index contributed by atoms with van der Waals surface area (Å²) < 4.78 is 2.03. The van der Waals surface area contributed by atoms with E-state index in [-0.39, 0.29) is 0 Å². The number of pyridine rings is 2. The highest BCUT2D eigenvalue weighted by molar-refractivity contribution is 9.10. The van der Waals surface area contributed by atoms with Gasteiger partial charge in [-0.1, -0.05) is 15.9 Å². The lowest BCUT2D eigenvalue weighted by Gasteiger charge is -2.10. The summed E-state index contributed by atoms with van der Waals surface area (Å²) in [4.78, 5) is 8.77. The summed E-state index contributed by atoms with van der Waals surface area (Å²) in [7, 11) is 0. The first-order valence-corrected chi connectivity index (χ1v) is 7.65. The molecular weight excluding hydrogens is 382 g/mol. The van der Waals surface area contributed by atoms with Crippen LogP contribution in [0.5, 0.6) is 0 Å². The second-order valence-electron chi connectivity index (χ2n) is 4.47. The fourth-order valence-electron chi connectivity index (χ4n) is 1.98. The highest BCUT2D eigenvalue weighted by Gasteiger charge is 2.05. The van der Waals surface area contributed by atoms with Gasteiger partial charge in [-0.2, -0.15) is 0 Å². The smallest absolute Gasteiger partial charge is 0.112 e. The van der Waals surface area contributed by atoms with Gasteiger partial charge in [0.2, 0.25) is 0 Å². The van der Waals surface area contributed by atoms with E-state index in [1.54, 1.807) is 12.4 Å². The molecule has 1 aromatic carbocycles. The average Bonchev–Trinajstić information content (AvgIpc) is 2.43. The van der Waals surface area contributed by atoms with Gasteiger partial charge >= 0.3 is 0 Å². The molecular formula is C15H11Br2N3. The molecule has 1 N–H and O–H groups in total.